The Morgan fingerprint density at radius 1 is 0.926 bits per heavy atom. The van der Waals surface area contributed by atoms with E-state index in [-0.39, 0.29) is 0 Å². The lowest BCUT2D eigenvalue weighted by Gasteiger charge is -2.18. The highest BCUT2D eigenvalue weighted by molar-refractivity contribution is 6.31. The van der Waals surface area contributed by atoms with Gasteiger partial charge in [-0.25, -0.2) is 4.98 Å². The first-order valence-corrected chi connectivity index (χ1v) is 10.4. The summed E-state index contributed by atoms with van der Waals surface area (Å²) in [5, 5.41) is 1.68. The highest BCUT2D eigenvalue weighted by Crippen LogP contribution is 2.25. The van der Waals surface area contributed by atoms with Crippen molar-refractivity contribution in [3.05, 3.63) is 88.4 Å². The van der Waals surface area contributed by atoms with Gasteiger partial charge < -0.3 is 4.57 Å². The molecule has 0 saturated heterocycles. The summed E-state index contributed by atoms with van der Waals surface area (Å²) in [6.45, 7) is 1.02. The number of aryl methyl sites for hydroxylation is 2. The van der Waals surface area contributed by atoms with Crippen molar-refractivity contribution in [1.29, 1.82) is 0 Å². The molecule has 1 heterocycles. The fourth-order valence-corrected chi connectivity index (χ4v) is 3.89. The minimum Gasteiger partial charge on any atom is -0.337 e. The second-order valence-electron chi connectivity index (χ2n) is 7.12. The first kappa shape index (κ1) is 20.0. The zero-order valence-corrected chi connectivity index (χ0v) is 17.0. The molecule has 2 aromatic carbocycles. The number of halogens is 2. The lowest BCUT2D eigenvalue weighted by Crippen LogP contribution is -2.08. The summed E-state index contributed by atoms with van der Waals surface area (Å²) in [7, 11) is 0. The SMILES string of the molecule is Clc1ccc(CCCC(CCCn2ccnc2)Cc2ccccc2Cl)cc1. The van der Waals surface area contributed by atoms with E-state index in [4.69, 9.17) is 23.2 Å². The summed E-state index contributed by atoms with van der Waals surface area (Å²) in [6, 6.07) is 16.4. The molecule has 0 saturated carbocycles. The molecule has 1 aromatic heterocycles. The van der Waals surface area contributed by atoms with Gasteiger partial charge in [0.2, 0.25) is 0 Å². The van der Waals surface area contributed by atoms with Gasteiger partial charge in [-0.15, -0.1) is 0 Å². The van der Waals surface area contributed by atoms with Crippen LogP contribution in [0.25, 0.3) is 0 Å². The minimum absolute atomic E-state index is 0.640. The molecule has 4 heteroatoms. The molecule has 1 atom stereocenters. The number of nitrogens with zero attached hydrogens (tertiary/aromatic N) is 2. The molecule has 0 spiro atoms. The zero-order valence-electron chi connectivity index (χ0n) is 15.5. The third-order valence-electron chi connectivity index (χ3n) is 5.05. The van der Waals surface area contributed by atoms with E-state index in [0.717, 1.165) is 35.9 Å². The molecule has 0 N–H and O–H groups in total. The number of aromatic nitrogens is 2. The van der Waals surface area contributed by atoms with Gasteiger partial charge in [0.25, 0.3) is 0 Å². The van der Waals surface area contributed by atoms with Crippen molar-refractivity contribution >= 4 is 23.2 Å². The minimum atomic E-state index is 0.640. The second kappa shape index (κ2) is 10.5. The molecule has 27 heavy (non-hydrogen) atoms. The molecular formula is C23H26Cl2N2. The molecular weight excluding hydrogens is 375 g/mol. The van der Waals surface area contributed by atoms with Crippen LogP contribution < -0.4 is 0 Å². The summed E-state index contributed by atoms with van der Waals surface area (Å²) in [6.07, 6.45) is 12.7. The average molecular weight is 401 g/mol. The predicted molar refractivity (Wildman–Crippen MR) is 114 cm³/mol. The van der Waals surface area contributed by atoms with E-state index < -0.39 is 0 Å². The zero-order chi connectivity index (χ0) is 18.9. The number of hydrogen-bond donors (Lipinski definition) is 0. The van der Waals surface area contributed by atoms with Crippen LogP contribution in [0.4, 0.5) is 0 Å². The maximum atomic E-state index is 6.40. The largest absolute Gasteiger partial charge is 0.337 e. The lowest BCUT2D eigenvalue weighted by molar-refractivity contribution is 0.407. The highest BCUT2D eigenvalue weighted by Gasteiger charge is 2.12. The Labute approximate surface area is 172 Å². The molecule has 0 radical (unpaired) electrons. The molecule has 142 valence electrons. The third kappa shape index (κ3) is 6.71. The maximum absolute atomic E-state index is 6.40. The fraction of sp³-hybridized carbons (Fsp3) is 0.348. The van der Waals surface area contributed by atoms with Gasteiger partial charge >= 0.3 is 0 Å². The van der Waals surface area contributed by atoms with Crippen LogP contribution in [-0.4, -0.2) is 9.55 Å². The average Bonchev–Trinajstić information content (AvgIpc) is 3.18. The van der Waals surface area contributed by atoms with Gasteiger partial charge in [0.15, 0.2) is 0 Å². The van der Waals surface area contributed by atoms with Crippen molar-refractivity contribution in [2.75, 3.05) is 0 Å². The van der Waals surface area contributed by atoms with Crippen molar-refractivity contribution in [3.8, 4) is 0 Å². The van der Waals surface area contributed by atoms with Gasteiger partial charge in [-0.3, -0.25) is 0 Å². The molecule has 0 fully saturated rings. The summed E-state index contributed by atoms with van der Waals surface area (Å²) in [4.78, 5) is 4.12. The van der Waals surface area contributed by atoms with Gasteiger partial charge in [-0.2, -0.15) is 0 Å². The van der Waals surface area contributed by atoms with E-state index in [0.29, 0.717) is 5.92 Å². The van der Waals surface area contributed by atoms with Crippen molar-refractivity contribution in [2.24, 2.45) is 5.92 Å². The predicted octanol–water partition coefficient (Wildman–Crippen LogP) is 6.85. The molecule has 3 rings (SSSR count). The van der Waals surface area contributed by atoms with E-state index in [2.05, 4.69) is 33.8 Å². The molecule has 0 bridgehead atoms. The molecule has 0 aliphatic heterocycles. The van der Waals surface area contributed by atoms with Crippen molar-refractivity contribution in [3.63, 3.8) is 0 Å². The van der Waals surface area contributed by atoms with E-state index in [1.165, 1.54) is 30.4 Å². The first-order valence-electron chi connectivity index (χ1n) is 9.64. The van der Waals surface area contributed by atoms with Crippen LogP contribution >= 0.6 is 23.2 Å². The van der Waals surface area contributed by atoms with E-state index in [9.17, 15) is 0 Å². The van der Waals surface area contributed by atoms with Gasteiger partial charge in [0.05, 0.1) is 6.33 Å². The Kier molecular flexibility index (Phi) is 7.79. The van der Waals surface area contributed by atoms with Gasteiger partial charge in [-0.05, 0) is 73.8 Å². The molecule has 3 aromatic rings. The highest BCUT2D eigenvalue weighted by atomic mass is 35.5. The number of hydrogen-bond acceptors (Lipinski definition) is 1. The quantitative estimate of drug-likeness (QED) is 0.363. The smallest absolute Gasteiger partial charge is 0.0945 e. The third-order valence-corrected chi connectivity index (χ3v) is 5.67. The molecule has 1 unspecified atom stereocenters. The van der Waals surface area contributed by atoms with Crippen LogP contribution in [0.15, 0.2) is 67.3 Å². The van der Waals surface area contributed by atoms with Crippen molar-refractivity contribution in [1.82, 2.24) is 9.55 Å². The molecule has 2 nitrogen and oxygen atoms in total. The van der Waals surface area contributed by atoms with Crippen LogP contribution in [0.3, 0.4) is 0 Å². The first-order chi connectivity index (χ1) is 13.2. The van der Waals surface area contributed by atoms with Gasteiger partial charge in [0, 0.05) is 29.0 Å². The summed E-state index contributed by atoms with van der Waals surface area (Å²) in [5.74, 6) is 0.640. The van der Waals surface area contributed by atoms with E-state index >= 15 is 0 Å². The van der Waals surface area contributed by atoms with Crippen molar-refractivity contribution < 1.29 is 0 Å². The van der Waals surface area contributed by atoms with Crippen LogP contribution in [0.5, 0.6) is 0 Å². The normalized spacial score (nSPS) is 12.2. The Morgan fingerprint density at radius 2 is 1.70 bits per heavy atom. The molecule has 0 aliphatic rings. The van der Waals surface area contributed by atoms with Gasteiger partial charge in [-0.1, -0.05) is 53.5 Å². The monoisotopic (exact) mass is 400 g/mol. The van der Waals surface area contributed by atoms with Crippen LogP contribution in [-0.2, 0) is 19.4 Å². The Bertz CT molecular complexity index is 798. The molecule has 0 amide bonds. The maximum Gasteiger partial charge on any atom is 0.0945 e. The molecule has 0 aliphatic carbocycles. The fourth-order valence-electron chi connectivity index (χ4n) is 3.55. The van der Waals surface area contributed by atoms with E-state index in [1.54, 1.807) is 0 Å². The van der Waals surface area contributed by atoms with Gasteiger partial charge in [0.1, 0.15) is 0 Å². The Balaban J connectivity index is 1.54. The lowest BCUT2D eigenvalue weighted by atomic mass is 9.89. The van der Waals surface area contributed by atoms with Crippen molar-refractivity contribution in [2.45, 2.75) is 45.1 Å². The Hall–Kier alpha value is -1.77. The standard InChI is InChI=1S/C23H26Cl2N2/c24-22-12-10-19(11-13-22)5-3-6-20(7-4-15-27-16-14-26-18-27)17-21-8-1-2-9-23(21)25/h1-2,8-14,16,18,20H,3-7,15,17H2. The topological polar surface area (TPSA) is 17.8 Å². The van der Waals surface area contributed by atoms with E-state index in [1.807, 2.05) is 43.0 Å². The Morgan fingerprint density at radius 3 is 2.44 bits per heavy atom. The summed E-state index contributed by atoms with van der Waals surface area (Å²) in [5.41, 5.74) is 2.62. The number of imidazole rings is 1. The second-order valence-corrected chi connectivity index (χ2v) is 7.97. The number of rotatable bonds is 10. The van der Waals surface area contributed by atoms with Crippen LogP contribution in [0, 0.1) is 5.92 Å². The summed E-state index contributed by atoms with van der Waals surface area (Å²) < 4.78 is 2.15. The number of benzene rings is 2. The van der Waals surface area contributed by atoms with Crippen LogP contribution in [0.2, 0.25) is 10.0 Å². The van der Waals surface area contributed by atoms with Crippen LogP contribution in [0.1, 0.15) is 36.8 Å². The summed E-state index contributed by atoms with van der Waals surface area (Å²) >= 11 is 12.4.